The van der Waals surface area contributed by atoms with E-state index in [2.05, 4.69) is 64.1 Å². The van der Waals surface area contributed by atoms with Gasteiger partial charge in [-0.2, -0.15) is 0 Å². The van der Waals surface area contributed by atoms with Crippen LogP contribution in [0.1, 0.15) is 47.6 Å². The zero-order valence-electron chi connectivity index (χ0n) is 12.2. The van der Waals surface area contributed by atoms with Crippen LogP contribution < -0.4 is 5.73 Å². The molecule has 2 aromatic rings. The highest BCUT2D eigenvalue weighted by molar-refractivity contribution is 7.12. The van der Waals surface area contributed by atoms with Crippen molar-refractivity contribution in [2.45, 2.75) is 39.0 Å². The second-order valence-electron chi connectivity index (χ2n) is 6.11. The lowest BCUT2D eigenvalue weighted by atomic mass is 9.85. The van der Waals surface area contributed by atoms with Crippen LogP contribution in [0.15, 0.2) is 36.4 Å². The molecular formula is C17H23NS. The molecule has 2 rings (SSSR count). The van der Waals surface area contributed by atoms with E-state index in [0.29, 0.717) is 12.5 Å². The number of aryl methyl sites for hydroxylation is 1. The lowest BCUT2D eigenvalue weighted by molar-refractivity contribution is 0.589. The number of hydrogen-bond donors (Lipinski definition) is 1. The van der Waals surface area contributed by atoms with E-state index >= 15 is 0 Å². The summed E-state index contributed by atoms with van der Waals surface area (Å²) in [5.41, 5.74) is 8.87. The minimum absolute atomic E-state index is 0.205. The van der Waals surface area contributed by atoms with Crippen molar-refractivity contribution in [2.75, 3.05) is 6.54 Å². The maximum atomic E-state index is 5.98. The third-order valence-electron chi connectivity index (χ3n) is 3.52. The maximum absolute atomic E-state index is 5.98. The summed E-state index contributed by atoms with van der Waals surface area (Å²) in [6, 6.07) is 13.3. The van der Waals surface area contributed by atoms with E-state index in [1.165, 1.54) is 20.9 Å². The fourth-order valence-corrected chi connectivity index (χ4v) is 3.29. The second-order valence-corrected chi connectivity index (χ2v) is 7.43. The van der Waals surface area contributed by atoms with Gasteiger partial charge in [-0.3, -0.25) is 0 Å². The molecule has 0 bridgehead atoms. The summed E-state index contributed by atoms with van der Waals surface area (Å²) in [6.45, 7) is 9.53. The van der Waals surface area contributed by atoms with Crippen molar-refractivity contribution >= 4 is 11.3 Å². The molecule has 0 aliphatic rings. The van der Waals surface area contributed by atoms with E-state index in [1.54, 1.807) is 0 Å². The average Bonchev–Trinajstić information content (AvgIpc) is 2.76. The van der Waals surface area contributed by atoms with E-state index in [0.717, 1.165) is 0 Å². The van der Waals surface area contributed by atoms with Crippen molar-refractivity contribution in [3.8, 4) is 0 Å². The van der Waals surface area contributed by atoms with E-state index in [9.17, 15) is 0 Å². The summed E-state index contributed by atoms with van der Waals surface area (Å²) in [5, 5.41) is 0. The Labute approximate surface area is 120 Å². The molecule has 0 fully saturated rings. The zero-order valence-corrected chi connectivity index (χ0v) is 13.1. The number of thiophene rings is 1. The van der Waals surface area contributed by atoms with Crippen molar-refractivity contribution in [1.29, 1.82) is 0 Å². The van der Waals surface area contributed by atoms with E-state index < -0.39 is 0 Å². The van der Waals surface area contributed by atoms with Gasteiger partial charge in [0.05, 0.1) is 0 Å². The van der Waals surface area contributed by atoms with Gasteiger partial charge in [-0.05, 0) is 35.6 Å². The Hall–Kier alpha value is -1.12. The molecule has 0 aliphatic carbocycles. The number of benzene rings is 1. The number of nitrogens with two attached hydrogens (primary N) is 1. The average molecular weight is 273 g/mol. The third kappa shape index (κ3) is 3.26. The summed E-state index contributed by atoms with van der Waals surface area (Å²) in [4.78, 5) is 2.71. The predicted molar refractivity (Wildman–Crippen MR) is 85.1 cm³/mol. The van der Waals surface area contributed by atoms with Crippen LogP contribution in [-0.4, -0.2) is 6.54 Å². The van der Waals surface area contributed by atoms with Crippen LogP contribution in [0, 0.1) is 6.92 Å². The molecule has 19 heavy (non-hydrogen) atoms. The van der Waals surface area contributed by atoms with Gasteiger partial charge in [0.15, 0.2) is 0 Å². The third-order valence-corrected chi connectivity index (χ3v) is 4.63. The smallest absolute Gasteiger partial charge is 0.0306 e. The van der Waals surface area contributed by atoms with Gasteiger partial charge in [-0.15, -0.1) is 11.3 Å². The first-order valence-electron chi connectivity index (χ1n) is 6.78. The lowest BCUT2D eigenvalue weighted by Gasteiger charge is -2.20. The van der Waals surface area contributed by atoms with E-state index in [-0.39, 0.29) is 5.41 Å². The Kier molecular flexibility index (Phi) is 4.12. The van der Waals surface area contributed by atoms with Gasteiger partial charge in [0, 0.05) is 22.2 Å². The topological polar surface area (TPSA) is 26.0 Å². The van der Waals surface area contributed by atoms with Crippen LogP contribution in [-0.2, 0) is 5.41 Å². The molecule has 0 saturated carbocycles. The van der Waals surface area contributed by atoms with Crippen molar-refractivity contribution in [1.82, 2.24) is 0 Å². The highest BCUT2D eigenvalue weighted by Crippen LogP contribution is 2.31. The Balaban J connectivity index is 2.30. The fourth-order valence-electron chi connectivity index (χ4n) is 2.27. The van der Waals surface area contributed by atoms with Crippen LogP contribution >= 0.6 is 11.3 Å². The minimum atomic E-state index is 0.205. The second kappa shape index (κ2) is 5.48. The van der Waals surface area contributed by atoms with Crippen LogP contribution in [0.3, 0.4) is 0 Å². The predicted octanol–water partition coefficient (Wildman–Crippen LogP) is 4.44. The molecule has 0 saturated heterocycles. The molecule has 102 valence electrons. The standard InChI is InChI=1S/C17H23NS/c1-12-5-10-16(19-12)15(11-18)13-6-8-14(9-7-13)17(2,3)4/h5-10,15H,11,18H2,1-4H3. The lowest BCUT2D eigenvalue weighted by Crippen LogP contribution is -2.14. The Morgan fingerprint density at radius 3 is 2.11 bits per heavy atom. The van der Waals surface area contributed by atoms with Gasteiger partial charge in [-0.25, -0.2) is 0 Å². The Morgan fingerprint density at radius 1 is 1.05 bits per heavy atom. The highest BCUT2D eigenvalue weighted by Gasteiger charge is 2.17. The molecule has 0 spiro atoms. The van der Waals surface area contributed by atoms with Crippen LogP contribution in [0.4, 0.5) is 0 Å². The molecule has 1 nitrogen and oxygen atoms in total. The molecule has 2 heteroatoms. The molecular weight excluding hydrogens is 250 g/mol. The maximum Gasteiger partial charge on any atom is 0.0306 e. The molecule has 1 aromatic carbocycles. The zero-order chi connectivity index (χ0) is 14.0. The molecule has 1 unspecified atom stereocenters. The summed E-state index contributed by atoms with van der Waals surface area (Å²) < 4.78 is 0. The van der Waals surface area contributed by atoms with Crippen molar-refractivity contribution in [2.24, 2.45) is 5.73 Å². The molecule has 1 heterocycles. The van der Waals surface area contributed by atoms with Gasteiger partial charge in [-0.1, -0.05) is 45.0 Å². The monoisotopic (exact) mass is 273 g/mol. The molecule has 1 atom stereocenters. The molecule has 0 radical (unpaired) electrons. The van der Waals surface area contributed by atoms with Crippen LogP contribution in [0.25, 0.3) is 0 Å². The first kappa shape index (κ1) is 14.3. The van der Waals surface area contributed by atoms with Gasteiger partial charge >= 0.3 is 0 Å². The normalized spacial score (nSPS) is 13.5. The van der Waals surface area contributed by atoms with Crippen molar-refractivity contribution < 1.29 is 0 Å². The quantitative estimate of drug-likeness (QED) is 0.878. The van der Waals surface area contributed by atoms with Crippen LogP contribution in [0.5, 0.6) is 0 Å². The number of rotatable bonds is 3. The summed E-state index contributed by atoms with van der Waals surface area (Å²) in [7, 11) is 0. The molecule has 0 amide bonds. The summed E-state index contributed by atoms with van der Waals surface area (Å²) >= 11 is 1.85. The Bertz CT molecular complexity index is 531. The first-order valence-corrected chi connectivity index (χ1v) is 7.60. The van der Waals surface area contributed by atoms with Crippen molar-refractivity contribution in [3.63, 3.8) is 0 Å². The molecule has 1 aromatic heterocycles. The molecule has 0 aliphatic heterocycles. The summed E-state index contributed by atoms with van der Waals surface area (Å²) in [6.07, 6.45) is 0. The Morgan fingerprint density at radius 2 is 1.68 bits per heavy atom. The van der Waals surface area contributed by atoms with E-state index in [1.807, 2.05) is 11.3 Å². The van der Waals surface area contributed by atoms with E-state index in [4.69, 9.17) is 5.73 Å². The molecule has 2 N–H and O–H groups in total. The van der Waals surface area contributed by atoms with Gasteiger partial charge in [0.2, 0.25) is 0 Å². The van der Waals surface area contributed by atoms with Gasteiger partial charge in [0.1, 0.15) is 0 Å². The van der Waals surface area contributed by atoms with Crippen LogP contribution in [0.2, 0.25) is 0 Å². The van der Waals surface area contributed by atoms with Crippen molar-refractivity contribution in [3.05, 3.63) is 57.3 Å². The van der Waals surface area contributed by atoms with Gasteiger partial charge in [0.25, 0.3) is 0 Å². The number of hydrogen-bond acceptors (Lipinski definition) is 2. The fraction of sp³-hybridized carbons (Fsp3) is 0.412. The SMILES string of the molecule is Cc1ccc(C(CN)c2ccc(C(C)(C)C)cc2)s1. The largest absolute Gasteiger partial charge is 0.329 e. The first-order chi connectivity index (χ1) is 8.91. The summed E-state index contributed by atoms with van der Waals surface area (Å²) in [5.74, 6) is 0.327. The minimum Gasteiger partial charge on any atom is -0.329 e. The highest BCUT2D eigenvalue weighted by atomic mass is 32.1. The van der Waals surface area contributed by atoms with Gasteiger partial charge < -0.3 is 5.73 Å².